The van der Waals surface area contributed by atoms with Crippen molar-refractivity contribution in [3.8, 4) is 0 Å². The SMILES string of the molecule is O=C1C=C[C@@]2(CC[C@@]23C=C(Br)C(=O)O3)O1. The summed E-state index contributed by atoms with van der Waals surface area (Å²) in [7, 11) is 0. The first kappa shape index (κ1) is 9.15. The number of fused-ring (bicyclic) bond motifs is 1. The van der Waals surface area contributed by atoms with Gasteiger partial charge in [-0.05, 0) is 40.9 Å². The van der Waals surface area contributed by atoms with Crippen LogP contribution in [0.25, 0.3) is 0 Å². The lowest BCUT2D eigenvalue weighted by Gasteiger charge is -2.50. The van der Waals surface area contributed by atoms with Crippen LogP contribution in [0, 0.1) is 0 Å². The van der Waals surface area contributed by atoms with Gasteiger partial charge in [-0.3, -0.25) is 0 Å². The predicted octanol–water partition coefficient (Wildman–Crippen LogP) is 1.21. The van der Waals surface area contributed by atoms with Crippen LogP contribution < -0.4 is 0 Å². The van der Waals surface area contributed by atoms with Crippen LogP contribution in [0.5, 0.6) is 0 Å². The van der Waals surface area contributed by atoms with E-state index in [0.29, 0.717) is 17.3 Å². The van der Waals surface area contributed by atoms with Crippen molar-refractivity contribution in [2.45, 2.75) is 24.0 Å². The van der Waals surface area contributed by atoms with Gasteiger partial charge in [-0.15, -0.1) is 0 Å². The minimum Gasteiger partial charge on any atom is -0.447 e. The monoisotopic (exact) mass is 270 g/mol. The van der Waals surface area contributed by atoms with E-state index in [2.05, 4.69) is 15.9 Å². The minimum absolute atomic E-state index is 0.374. The zero-order valence-electron chi connectivity index (χ0n) is 7.66. The average molecular weight is 271 g/mol. The first-order valence-corrected chi connectivity index (χ1v) is 5.40. The molecule has 3 rings (SSSR count). The number of carbonyl (C=O) groups excluding carboxylic acids is 2. The molecule has 2 atom stereocenters. The van der Waals surface area contributed by atoms with Crippen LogP contribution in [0.15, 0.2) is 22.7 Å². The summed E-state index contributed by atoms with van der Waals surface area (Å²) in [6.07, 6.45) is 6.15. The average Bonchev–Trinajstić information content (AvgIpc) is 2.71. The Bertz CT molecular complexity index is 439. The summed E-state index contributed by atoms with van der Waals surface area (Å²) in [6, 6.07) is 0. The molecule has 3 aliphatic rings. The van der Waals surface area contributed by atoms with Crippen molar-refractivity contribution >= 4 is 27.9 Å². The van der Waals surface area contributed by atoms with E-state index in [0.717, 1.165) is 0 Å². The molecule has 2 heterocycles. The zero-order chi connectivity index (χ0) is 10.7. The normalized spacial score (nSPS) is 41.8. The number of hydrogen-bond donors (Lipinski definition) is 0. The van der Waals surface area contributed by atoms with Crippen molar-refractivity contribution in [3.63, 3.8) is 0 Å². The quantitative estimate of drug-likeness (QED) is 0.621. The Hall–Kier alpha value is -1.10. The van der Waals surface area contributed by atoms with Crippen molar-refractivity contribution in [1.82, 2.24) is 0 Å². The Labute approximate surface area is 94.0 Å². The Morgan fingerprint density at radius 1 is 1.20 bits per heavy atom. The molecule has 0 saturated heterocycles. The lowest BCUT2D eigenvalue weighted by molar-refractivity contribution is -0.206. The topological polar surface area (TPSA) is 52.6 Å². The molecule has 4 nitrogen and oxygen atoms in total. The second-order valence-electron chi connectivity index (χ2n) is 3.92. The van der Waals surface area contributed by atoms with Gasteiger partial charge >= 0.3 is 11.9 Å². The van der Waals surface area contributed by atoms with Crippen LogP contribution >= 0.6 is 15.9 Å². The predicted molar refractivity (Wildman–Crippen MR) is 53.0 cm³/mol. The summed E-state index contributed by atoms with van der Waals surface area (Å²) in [6.45, 7) is 0. The number of halogens is 1. The molecular weight excluding hydrogens is 264 g/mol. The molecule has 0 unspecified atom stereocenters. The third-order valence-corrected chi connectivity index (χ3v) is 3.74. The fourth-order valence-electron chi connectivity index (χ4n) is 2.27. The van der Waals surface area contributed by atoms with Crippen molar-refractivity contribution in [2.75, 3.05) is 0 Å². The fourth-order valence-corrected chi connectivity index (χ4v) is 2.72. The Morgan fingerprint density at radius 2 is 1.93 bits per heavy atom. The summed E-state index contributed by atoms with van der Waals surface area (Å²) in [5.41, 5.74) is -1.53. The summed E-state index contributed by atoms with van der Waals surface area (Å²) in [4.78, 5) is 22.4. The molecule has 0 aromatic heterocycles. The lowest BCUT2D eigenvalue weighted by Crippen LogP contribution is -2.61. The van der Waals surface area contributed by atoms with Gasteiger partial charge < -0.3 is 9.47 Å². The summed E-state index contributed by atoms with van der Waals surface area (Å²) >= 11 is 3.12. The Balaban J connectivity index is 2.00. The second kappa shape index (κ2) is 2.52. The van der Waals surface area contributed by atoms with Gasteiger partial charge in [0.15, 0.2) is 11.2 Å². The number of ether oxygens (including phenoxy) is 2. The Morgan fingerprint density at radius 3 is 2.33 bits per heavy atom. The van der Waals surface area contributed by atoms with Gasteiger partial charge in [0.2, 0.25) is 0 Å². The summed E-state index contributed by atoms with van der Waals surface area (Å²) < 4.78 is 10.9. The number of hydrogen-bond acceptors (Lipinski definition) is 4. The molecule has 5 heteroatoms. The van der Waals surface area contributed by atoms with Crippen molar-refractivity contribution in [3.05, 3.63) is 22.7 Å². The highest BCUT2D eigenvalue weighted by atomic mass is 79.9. The Kier molecular flexibility index (Phi) is 1.54. The standard InChI is InChI=1S/C10H7BrO4/c11-6-5-10(15-8(6)13)4-3-9(10)2-1-7(12)14-9/h1-2,5H,3-4H2/t9-,10+/m0/s1. The van der Waals surface area contributed by atoms with Crippen LogP contribution in [-0.4, -0.2) is 23.1 Å². The van der Waals surface area contributed by atoms with Crippen LogP contribution in [0.1, 0.15) is 12.8 Å². The number of carbonyl (C=O) groups is 2. The third kappa shape index (κ3) is 0.963. The van der Waals surface area contributed by atoms with E-state index in [-0.39, 0.29) is 5.97 Å². The third-order valence-electron chi connectivity index (χ3n) is 3.19. The number of esters is 2. The molecule has 15 heavy (non-hydrogen) atoms. The molecule has 0 N–H and O–H groups in total. The highest BCUT2D eigenvalue weighted by Crippen LogP contribution is 2.55. The van der Waals surface area contributed by atoms with E-state index >= 15 is 0 Å². The molecule has 1 aliphatic carbocycles. The van der Waals surface area contributed by atoms with E-state index in [9.17, 15) is 9.59 Å². The second-order valence-corrected chi connectivity index (χ2v) is 4.77. The van der Waals surface area contributed by atoms with Crippen LogP contribution in [0.3, 0.4) is 0 Å². The molecule has 1 fully saturated rings. The maximum atomic E-state index is 11.3. The van der Waals surface area contributed by atoms with Crippen LogP contribution in [-0.2, 0) is 19.1 Å². The molecule has 2 aliphatic heterocycles. The van der Waals surface area contributed by atoms with Gasteiger partial charge in [-0.2, -0.15) is 0 Å². The van der Waals surface area contributed by atoms with Gasteiger partial charge in [0.1, 0.15) is 4.48 Å². The highest BCUT2D eigenvalue weighted by molar-refractivity contribution is 9.12. The smallest absolute Gasteiger partial charge is 0.346 e. The molecule has 0 radical (unpaired) electrons. The molecule has 0 bridgehead atoms. The van der Waals surface area contributed by atoms with Crippen LogP contribution in [0.4, 0.5) is 0 Å². The lowest BCUT2D eigenvalue weighted by atomic mass is 9.65. The van der Waals surface area contributed by atoms with E-state index in [1.807, 2.05) is 0 Å². The summed E-state index contributed by atoms with van der Waals surface area (Å²) in [5.74, 6) is -0.771. The molecule has 78 valence electrons. The maximum absolute atomic E-state index is 11.3. The first-order chi connectivity index (χ1) is 7.07. The van der Waals surface area contributed by atoms with Gasteiger partial charge in [0.25, 0.3) is 0 Å². The number of rotatable bonds is 0. The molecule has 0 amide bonds. The highest BCUT2D eigenvalue weighted by Gasteiger charge is 2.66. The van der Waals surface area contributed by atoms with Gasteiger partial charge in [0.05, 0.1) is 0 Å². The van der Waals surface area contributed by atoms with Gasteiger partial charge in [-0.25, -0.2) is 9.59 Å². The maximum Gasteiger partial charge on any atom is 0.346 e. The first-order valence-electron chi connectivity index (χ1n) is 4.61. The minimum atomic E-state index is -0.772. The van der Waals surface area contributed by atoms with E-state index in [4.69, 9.17) is 9.47 Å². The fraction of sp³-hybridized carbons (Fsp3) is 0.400. The summed E-state index contributed by atoms with van der Waals surface area (Å²) in [5, 5.41) is 0. The molecule has 0 aromatic rings. The largest absolute Gasteiger partial charge is 0.447 e. The van der Waals surface area contributed by atoms with E-state index < -0.39 is 17.2 Å². The van der Waals surface area contributed by atoms with Crippen LogP contribution in [0.2, 0.25) is 0 Å². The molecular formula is C10H7BrO4. The van der Waals surface area contributed by atoms with Gasteiger partial charge in [-0.1, -0.05) is 0 Å². The van der Waals surface area contributed by atoms with Crippen molar-refractivity contribution in [2.24, 2.45) is 0 Å². The van der Waals surface area contributed by atoms with Crippen molar-refractivity contribution < 1.29 is 19.1 Å². The van der Waals surface area contributed by atoms with Crippen molar-refractivity contribution in [1.29, 1.82) is 0 Å². The van der Waals surface area contributed by atoms with E-state index in [1.54, 1.807) is 12.2 Å². The molecule has 0 aromatic carbocycles. The molecule has 1 saturated carbocycles. The van der Waals surface area contributed by atoms with Gasteiger partial charge in [0, 0.05) is 6.08 Å². The molecule has 2 spiro atoms. The van der Waals surface area contributed by atoms with E-state index in [1.165, 1.54) is 6.08 Å². The zero-order valence-corrected chi connectivity index (χ0v) is 9.24.